The Morgan fingerprint density at radius 2 is 1.86 bits per heavy atom. The number of halogens is 4. The molecule has 35 heavy (non-hydrogen) atoms. The highest BCUT2D eigenvalue weighted by molar-refractivity contribution is 5.58. The average Bonchev–Trinajstić information content (AvgIpc) is 3.28. The van der Waals surface area contributed by atoms with E-state index in [0.29, 0.717) is 24.5 Å². The van der Waals surface area contributed by atoms with Crippen molar-refractivity contribution < 1.29 is 27.4 Å². The number of aliphatic hydroxyl groups is 1. The summed E-state index contributed by atoms with van der Waals surface area (Å²) in [5, 5.41) is 18.4. The van der Waals surface area contributed by atoms with Crippen molar-refractivity contribution in [2.75, 3.05) is 29.9 Å². The van der Waals surface area contributed by atoms with E-state index in [1.807, 2.05) is 4.90 Å². The first kappa shape index (κ1) is 23.6. The van der Waals surface area contributed by atoms with Crippen LogP contribution in [0.3, 0.4) is 0 Å². The van der Waals surface area contributed by atoms with E-state index >= 15 is 0 Å². The van der Waals surface area contributed by atoms with Crippen LogP contribution in [-0.2, 0) is 5.60 Å². The van der Waals surface area contributed by atoms with Crippen molar-refractivity contribution >= 4 is 17.3 Å². The van der Waals surface area contributed by atoms with Crippen LogP contribution in [0.5, 0.6) is 5.75 Å². The van der Waals surface area contributed by atoms with Gasteiger partial charge in [0.25, 0.3) is 0 Å². The molecule has 188 valence electrons. The minimum atomic E-state index is -4.51. The number of ether oxygens (including phenoxy) is 1. The van der Waals surface area contributed by atoms with Gasteiger partial charge >= 0.3 is 6.18 Å². The molecule has 0 unspecified atom stereocenters. The van der Waals surface area contributed by atoms with E-state index in [4.69, 9.17) is 4.74 Å². The van der Waals surface area contributed by atoms with Gasteiger partial charge in [0.05, 0.1) is 17.6 Å². The van der Waals surface area contributed by atoms with E-state index < -0.39 is 18.4 Å². The summed E-state index contributed by atoms with van der Waals surface area (Å²) in [6.45, 7) is 2.95. The lowest BCUT2D eigenvalue weighted by atomic mass is 9.92. The highest BCUT2D eigenvalue weighted by Gasteiger charge is 2.43. The molecule has 0 radical (unpaired) electrons. The number of rotatable bonds is 6. The second-order valence-electron chi connectivity index (χ2n) is 9.72. The van der Waals surface area contributed by atoms with Crippen molar-refractivity contribution in [3.63, 3.8) is 0 Å². The summed E-state index contributed by atoms with van der Waals surface area (Å²) in [5.41, 5.74) is -0.342. The van der Waals surface area contributed by atoms with Crippen molar-refractivity contribution in [2.45, 2.75) is 44.5 Å². The van der Waals surface area contributed by atoms with Gasteiger partial charge in [-0.3, -0.25) is 4.98 Å². The zero-order valence-corrected chi connectivity index (χ0v) is 19.3. The SMILES string of the molecule is CC(C)(O)c1ccc(OCC(F)(F)F)c2nc(N[C@H]3[C@@H]4CC[C@H]3CN(c3ccncc3F)C4)nn12. The third kappa shape index (κ3) is 4.71. The Hall–Kier alpha value is -3.15. The molecule has 8 nitrogen and oxygen atoms in total. The lowest BCUT2D eigenvalue weighted by Gasteiger charge is -2.39. The predicted molar refractivity (Wildman–Crippen MR) is 120 cm³/mol. The summed E-state index contributed by atoms with van der Waals surface area (Å²) in [7, 11) is 0. The zero-order valence-electron chi connectivity index (χ0n) is 19.3. The van der Waals surface area contributed by atoms with Crippen LogP contribution in [0.25, 0.3) is 5.65 Å². The van der Waals surface area contributed by atoms with Gasteiger partial charge in [-0.2, -0.15) is 18.2 Å². The fourth-order valence-electron chi connectivity index (χ4n) is 5.16. The van der Waals surface area contributed by atoms with E-state index in [2.05, 4.69) is 20.4 Å². The number of nitrogens with one attached hydrogen (secondary N) is 1. The number of fused-ring (bicyclic) bond motifs is 3. The molecule has 1 aliphatic carbocycles. The lowest BCUT2D eigenvalue weighted by molar-refractivity contribution is -0.153. The molecule has 3 atom stereocenters. The number of anilines is 2. The number of alkyl halides is 3. The maximum Gasteiger partial charge on any atom is 0.422 e. The fourth-order valence-corrected chi connectivity index (χ4v) is 5.16. The summed E-state index contributed by atoms with van der Waals surface area (Å²) in [5.74, 6) is 0.224. The third-order valence-corrected chi connectivity index (χ3v) is 6.69. The maximum atomic E-state index is 14.3. The molecule has 2 aliphatic rings. The van der Waals surface area contributed by atoms with Crippen LogP contribution in [0.2, 0.25) is 0 Å². The number of nitrogens with zero attached hydrogens (tertiary/aromatic N) is 5. The molecular weight excluding hydrogens is 468 g/mol. The first-order chi connectivity index (χ1) is 16.5. The van der Waals surface area contributed by atoms with Gasteiger partial charge in [-0.05, 0) is 56.7 Å². The Labute approximate surface area is 198 Å². The Bertz CT molecular complexity index is 1210. The van der Waals surface area contributed by atoms with Gasteiger partial charge in [-0.1, -0.05) is 0 Å². The van der Waals surface area contributed by atoms with Crippen LogP contribution in [0.15, 0.2) is 30.6 Å². The largest absolute Gasteiger partial charge is 0.480 e. The van der Waals surface area contributed by atoms with Crippen LogP contribution in [0.4, 0.5) is 29.2 Å². The number of hydrogen-bond acceptors (Lipinski definition) is 7. The third-order valence-electron chi connectivity index (χ3n) is 6.69. The quantitative estimate of drug-likeness (QED) is 0.505. The highest BCUT2D eigenvalue weighted by atomic mass is 19.4. The second kappa shape index (κ2) is 8.51. The molecule has 1 aliphatic heterocycles. The standard InChI is InChI=1S/C23H26F4N6O2/c1-22(2,34)18-6-5-17(35-12-23(25,26)27)20-30-21(31-33(18)20)29-19-13-3-4-14(19)11-32(10-13)16-7-8-28-9-15(16)24/h5-9,13-14,19,34H,3-4,10-12H2,1-2H3,(H,29,31)/t13-,14+,19+. The molecule has 3 aromatic rings. The Kier molecular flexibility index (Phi) is 5.73. The Morgan fingerprint density at radius 3 is 2.49 bits per heavy atom. The second-order valence-corrected chi connectivity index (χ2v) is 9.72. The fraction of sp³-hybridized carbons (Fsp3) is 0.522. The minimum absolute atomic E-state index is 0.0266. The summed E-state index contributed by atoms with van der Waals surface area (Å²) in [4.78, 5) is 10.3. The van der Waals surface area contributed by atoms with Gasteiger partial charge in [-0.15, -0.1) is 5.10 Å². The topological polar surface area (TPSA) is 87.8 Å². The Morgan fingerprint density at radius 1 is 1.14 bits per heavy atom. The van der Waals surface area contributed by atoms with Gasteiger partial charge < -0.3 is 20.1 Å². The normalized spacial score (nSPS) is 22.6. The first-order valence-electron chi connectivity index (χ1n) is 11.4. The molecule has 1 saturated heterocycles. The van der Waals surface area contributed by atoms with E-state index in [1.165, 1.54) is 22.8 Å². The van der Waals surface area contributed by atoms with Crippen LogP contribution in [0.1, 0.15) is 32.4 Å². The molecule has 2 N–H and O–H groups in total. The predicted octanol–water partition coefficient (Wildman–Crippen LogP) is 3.76. The van der Waals surface area contributed by atoms with Crippen molar-refractivity contribution in [3.8, 4) is 5.75 Å². The average molecular weight is 494 g/mol. The monoisotopic (exact) mass is 494 g/mol. The smallest absolute Gasteiger partial charge is 0.422 e. The molecule has 0 spiro atoms. The van der Waals surface area contributed by atoms with Crippen molar-refractivity contribution in [3.05, 3.63) is 42.1 Å². The molecule has 1 saturated carbocycles. The van der Waals surface area contributed by atoms with Crippen molar-refractivity contribution in [1.82, 2.24) is 19.6 Å². The summed E-state index contributed by atoms with van der Waals surface area (Å²) >= 11 is 0. The van der Waals surface area contributed by atoms with Crippen molar-refractivity contribution in [2.24, 2.45) is 11.8 Å². The molecule has 0 aromatic carbocycles. The van der Waals surface area contributed by atoms with Gasteiger partial charge in [0.1, 0.15) is 5.60 Å². The molecule has 2 fully saturated rings. The van der Waals surface area contributed by atoms with E-state index in [1.54, 1.807) is 26.1 Å². The highest BCUT2D eigenvalue weighted by Crippen LogP contribution is 2.40. The van der Waals surface area contributed by atoms with Crippen LogP contribution < -0.4 is 15.0 Å². The van der Waals surface area contributed by atoms with Gasteiger partial charge in [-0.25, -0.2) is 8.91 Å². The first-order valence-corrected chi connectivity index (χ1v) is 11.4. The summed E-state index contributed by atoms with van der Waals surface area (Å²) in [6.07, 6.45) is 0.181. The molecule has 3 aromatic heterocycles. The zero-order chi connectivity index (χ0) is 25.0. The number of piperidine rings is 1. The molecule has 5 rings (SSSR count). The van der Waals surface area contributed by atoms with Crippen molar-refractivity contribution in [1.29, 1.82) is 0 Å². The number of pyridine rings is 2. The van der Waals surface area contributed by atoms with E-state index in [0.717, 1.165) is 12.8 Å². The maximum absolute atomic E-state index is 14.3. The number of aromatic nitrogens is 4. The molecule has 0 amide bonds. The van der Waals surface area contributed by atoms with Gasteiger partial charge in [0.2, 0.25) is 5.95 Å². The molecule has 4 heterocycles. The number of hydrogen-bond donors (Lipinski definition) is 2. The summed E-state index contributed by atoms with van der Waals surface area (Å²) < 4.78 is 58.8. The van der Waals surface area contributed by atoms with Crippen LogP contribution in [-0.4, -0.2) is 56.6 Å². The lowest BCUT2D eigenvalue weighted by Crippen LogP contribution is -2.48. The van der Waals surface area contributed by atoms with E-state index in [9.17, 15) is 22.7 Å². The van der Waals surface area contributed by atoms with Crippen LogP contribution in [0, 0.1) is 17.7 Å². The minimum Gasteiger partial charge on any atom is -0.480 e. The summed E-state index contributed by atoms with van der Waals surface area (Å²) in [6, 6.07) is 4.53. The van der Waals surface area contributed by atoms with E-state index in [-0.39, 0.29) is 41.0 Å². The van der Waals surface area contributed by atoms with Gasteiger partial charge in [0.15, 0.2) is 23.8 Å². The Balaban J connectivity index is 1.41. The van der Waals surface area contributed by atoms with Crippen LogP contribution >= 0.6 is 0 Å². The van der Waals surface area contributed by atoms with Gasteiger partial charge in [0, 0.05) is 25.3 Å². The molecular formula is C23H26F4N6O2. The molecule has 12 heteroatoms. The molecule has 2 bridgehead atoms.